The van der Waals surface area contributed by atoms with E-state index < -0.39 is 5.97 Å². The Bertz CT molecular complexity index is 586. The molecule has 0 atom stereocenters. The van der Waals surface area contributed by atoms with E-state index in [1.165, 1.54) is 10.3 Å². The number of thiazole rings is 1. The fraction of sp³-hybridized carbons (Fsp3) is 0.429. The van der Waals surface area contributed by atoms with Crippen molar-refractivity contribution in [3.8, 4) is 0 Å². The molecule has 0 saturated heterocycles. The molecule has 0 bridgehead atoms. The zero-order chi connectivity index (χ0) is 13.3. The Kier molecular flexibility index (Phi) is 3.39. The third-order valence-electron chi connectivity index (χ3n) is 2.87. The Balaban J connectivity index is 2.23. The SMILES string of the molecule is Cc1nc2ccc(CC(C)(C)CC(=O)O)cc2s1. The molecule has 96 valence electrons. The molecule has 1 aromatic carbocycles. The second-order valence-electron chi connectivity index (χ2n) is 5.45. The predicted molar refractivity (Wildman–Crippen MR) is 74.1 cm³/mol. The standard InChI is InChI=1S/C14H17NO2S/c1-9-15-11-5-4-10(6-12(11)18-9)7-14(2,3)8-13(16)17/h4-6H,7-8H2,1-3H3,(H,16,17). The van der Waals surface area contributed by atoms with E-state index >= 15 is 0 Å². The molecular weight excluding hydrogens is 246 g/mol. The van der Waals surface area contributed by atoms with Crippen molar-refractivity contribution in [1.29, 1.82) is 0 Å². The lowest BCUT2D eigenvalue weighted by Crippen LogP contribution is -2.19. The average Bonchev–Trinajstić information content (AvgIpc) is 2.54. The van der Waals surface area contributed by atoms with Gasteiger partial charge in [-0.15, -0.1) is 11.3 Å². The largest absolute Gasteiger partial charge is 0.481 e. The van der Waals surface area contributed by atoms with Crippen LogP contribution in [0.15, 0.2) is 18.2 Å². The molecule has 2 rings (SSSR count). The molecular formula is C14H17NO2S. The molecule has 0 aliphatic rings. The van der Waals surface area contributed by atoms with Crippen LogP contribution in [0.2, 0.25) is 0 Å². The molecule has 3 nitrogen and oxygen atoms in total. The average molecular weight is 263 g/mol. The van der Waals surface area contributed by atoms with E-state index in [2.05, 4.69) is 11.1 Å². The highest BCUT2D eigenvalue weighted by Gasteiger charge is 2.22. The van der Waals surface area contributed by atoms with Crippen LogP contribution in [0.5, 0.6) is 0 Å². The number of carboxylic acid groups (broad SMARTS) is 1. The quantitative estimate of drug-likeness (QED) is 0.916. The van der Waals surface area contributed by atoms with Gasteiger partial charge in [-0.1, -0.05) is 19.9 Å². The fourth-order valence-corrected chi connectivity index (χ4v) is 3.11. The molecule has 0 fully saturated rings. The first-order valence-electron chi connectivity index (χ1n) is 5.94. The summed E-state index contributed by atoms with van der Waals surface area (Å²) in [5.74, 6) is -0.741. The molecule has 0 saturated carbocycles. The lowest BCUT2D eigenvalue weighted by Gasteiger charge is -2.22. The lowest BCUT2D eigenvalue weighted by molar-refractivity contribution is -0.139. The molecule has 0 radical (unpaired) electrons. The van der Waals surface area contributed by atoms with Crippen LogP contribution in [0.1, 0.15) is 30.8 Å². The van der Waals surface area contributed by atoms with Crippen LogP contribution in [0.25, 0.3) is 10.2 Å². The minimum Gasteiger partial charge on any atom is -0.481 e. The van der Waals surface area contributed by atoms with Crippen LogP contribution in [-0.4, -0.2) is 16.1 Å². The molecule has 2 aromatic rings. The van der Waals surface area contributed by atoms with E-state index in [4.69, 9.17) is 5.11 Å². The summed E-state index contributed by atoms with van der Waals surface area (Å²) < 4.78 is 1.18. The summed E-state index contributed by atoms with van der Waals surface area (Å²) in [6, 6.07) is 6.19. The number of carboxylic acids is 1. The molecule has 1 heterocycles. The summed E-state index contributed by atoms with van der Waals surface area (Å²) >= 11 is 1.68. The van der Waals surface area contributed by atoms with E-state index in [0.29, 0.717) is 0 Å². The number of hydrogen-bond acceptors (Lipinski definition) is 3. The summed E-state index contributed by atoms with van der Waals surface area (Å²) in [7, 11) is 0. The van der Waals surface area contributed by atoms with Crippen molar-refractivity contribution in [1.82, 2.24) is 4.98 Å². The van der Waals surface area contributed by atoms with E-state index in [1.807, 2.05) is 32.9 Å². The molecule has 0 spiro atoms. The van der Waals surface area contributed by atoms with Crippen LogP contribution in [0.4, 0.5) is 0 Å². The highest BCUT2D eigenvalue weighted by molar-refractivity contribution is 7.18. The molecule has 0 unspecified atom stereocenters. The van der Waals surface area contributed by atoms with Crippen molar-refractivity contribution in [3.63, 3.8) is 0 Å². The number of carbonyl (C=O) groups is 1. The van der Waals surface area contributed by atoms with Gasteiger partial charge in [0.1, 0.15) is 0 Å². The normalized spacial score (nSPS) is 11.9. The third kappa shape index (κ3) is 3.07. The monoisotopic (exact) mass is 263 g/mol. The maximum Gasteiger partial charge on any atom is 0.303 e. The summed E-state index contributed by atoms with van der Waals surface area (Å²) in [6.07, 6.45) is 0.957. The number of rotatable bonds is 4. The summed E-state index contributed by atoms with van der Waals surface area (Å²) in [4.78, 5) is 15.2. The Morgan fingerprint density at radius 1 is 1.44 bits per heavy atom. The van der Waals surface area contributed by atoms with E-state index in [9.17, 15) is 4.79 Å². The van der Waals surface area contributed by atoms with Gasteiger partial charge in [0.05, 0.1) is 21.6 Å². The molecule has 0 aliphatic heterocycles. The van der Waals surface area contributed by atoms with Crippen LogP contribution in [0, 0.1) is 12.3 Å². The van der Waals surface area contributed by atoms with Gasteiger partial charge in [-0.05, 0) is 36.5 Å². The number of aromatic nitrogens is 1. The van der Waals surface area contributed by atoms with Gasteiger partial charge in [-0.2, -0.15) is 0 Å². The van der Waals surface area contributed by atoms with Gasteiger partial charge in [-0.3, -0.25) is 4.79 Å². The maximum absolute atomic E-state index is 10.8. The topological polar surface area (TPSA) is 50.2 Å². The highest BCUT2D eigenvalue weighted by atomic mass is 32.1. The Labute approximate surface area is 110 Å². The first-order chi connectivity index (χ1) is 8.35. The fourth-order valence-electron chi connectivity index (χ4n) is 2.22. The van der Waals surface area contributed by atoms with Gasteiger partial charge in [0.15, 0.2) is 0 Å². The molecule has 1 aromatic heterocycles. The number of hydrogen-bond donors (Lipinski definition) is 1. The van der Waals surface area contributed by atoms with Crippen molar-refractivity contribution in [2.45, 2.75) is 33.6 Å². The first kappa shape index (κ1) is 13.0. The predicted octanol–water partition coefficient (Wildman–Crippen LogP) is 3.65. The van der Waals surface area contributed by atoms with Crippen LogP contribution < -0.4 is 0 Å². The number of fused-ring (bicyclic) bond motifs is 1. The van der Waals surface area contributed by atoms with Gasteiger partial charge in [-0.25, -0.2) is 4.98 Å². The molecule has 4 heteroatoms. The summed E-state index contributed by atoms with van der Waals surface area (Å²) in [5, 5.41) is 9.96. The van der Waals surface area contributed by atoms with Crippen molar-refractivity contribution in [2.75, 3.05) is 0 Å². The van der Waals surface area contributed by atoms with Gasteiger partial charge in [0.2, 0.25) is 0 Å². The number of aliphatic carboxylic acids is 1. The summed E-state index contributed by atoms with van der Waals surface area (Å²) in [5.41, 5.74) is 1.98. The second kappa shape index (κ2) is 4.69. The minimum atomic E-state index is -0.741. The van der Waals surface area contributed by atoms with Crippen molar-refractivity contribution in [3.05, 3.63) is 28.8 Å². The Hall–Kier alpha value is -1.42. The Morgan fingerprint density at radius 2 is 2.17 bits per heavy atom. The number of aryl methyl sites for hydroxylation is 1. The van der Waals surface area contributed by atoms with E-state index in [-0.39, 0.29) is 11.8 Å². The van der Waals surface area contributed by atoms with E-state index in [0.717, 1.165) is 16.9 Å². The van der Waals surface area contributed by atoms with Gasteiger partial charge >= 0.3 is 5.97 Å². The maximum atomic E-state index is 10.8. The van der Waals surface area contributed by atoms with Crippen molar-refractivity contribution >= 4 is 27.5 Å². The van der Waals surface area contributed by atoms with Gasteiger partial charge in [0.25, 0.3) is 0 Å². The smallest absolute Gasteiger partial charge is 0.303 e. The minimum absolute atomic E-state index is 0.187. The lowest BCUT2D eigenvalue weighted by atomic mass is 9.83. The van der Waals surface area contributed by atoms with Crippen molar-refractivity contribution < 1.29 is 9.90 Å². The zero-order valence-corrected chi connectivity index (χ0v) is 11.7. The van der Waals surface area contributed by atoms with Gasteiger partial charge < -0.3 is 5.11 Å². The second-order valence-corrected chi connectivity index (χ2v) is 6.68. The zero-order valence-electron chi connectivity index (χ0n) is 10.9. The van der Waals surface area contributed by atoms with Crippen LogP contribution >= 0.6 is 11.3 Å². The highest BCUT2D eigenvalue weighted by Crippen LogP contribution is 2.29. The first-order valence-corrected chi connectivity index (χ1v) is 6.75. The number of nitrogens with zero attached hydrogens (tertiary/aromatic N) is 1. The van der Waals surface area contributed by atoms with Crippen LogP contribution in [0.3, 0.4) is 0 Å². The molecule has 0 aliphatic carbocycles. The molecule has 0 amide bonds. The third-order valence-corrected chi connectivity index (χ3v) is 3.81. The van der Waals surface area contributed by atoms with Gasteiger partial charge in [0, 0.05) is 0 Å². The van der Waals surface area contributed by atoms with Crippen LogP contribution in [-0.2, 0) is 11.2 Å². The van der Waals surface area contributed by atoms with E-state index in [1.54, 1.807) is 11.3 Å². The molecule has 18 heavy (non-hydrogen) atoms. The molecule has 1 N–H and O–H groups in total. The Morgan fingerprint density at radius 3 is 2.83 bits per heavy atom. The van der Waals surface area contributed by atoms with Crippen molar-refractivity contribution in [2.24, 2.45) is 5.41 Å². The summed E-state index contributed by atoms with van der Waals surface area (Å²) in [6.45, 7) is 5.98. The number of benzene rings is 1.